The molecule has 5 nitrogen and oxygen atoms in total. The first-order valence-corrected chi connectivity index (χ1v) is 11.2. The molecule has 160 valence electrons. The molecule has 1 aromatic heterocycles. The van der Waals surface area contributed by atoms with Gasteiger partial charge in [0.25, 0.3) is 0 Å². The molecule has 0 spiro atoms. The highest BCUT2D eigenvalue weighted by atomic mass is 16.6. The lowest BCUT2D eigenvalue weighted by molar-refractivity contribution is -0.114. The maximum Gasteiger partial charge on any atom is 0.374 e. The van der Waals surface area contributed by atoms with Crippen molar-refractivity contribution in [2.45, 2.75) is 59.0 Å². The molecule has 4 aliphatic rings. The summed E-state index contributed by atoms with van der Waals surface area (Å²) in [7, 11) is 0. The Morgan fingerprint density at radius 3 is 2.80 bits per heavy atom. The molecule has 5 unspecified atom stereocenters. The summed E-state index contributed by atoms with van der Waals surface area (Å²) in [6.45, 7) is 6.68. The van der Waals surface area contributed by atoms with Gasteiger partial charge in [0.15, 0.2) is 5.76 Å². The predicted octanol–water partition coefficient (Wildman–Crippen LogP) is 5.24. The average Bonchev–Trinajstić information content (AvgIpc) is 3.31. The summed E-state index contributed by atoms with van der Waals surface area (Å²) < 4.78 is 11.3. The van der Waals surface area contributed by atoms with Crippen LogP contribution in [0.1, 0.15) is 63.4 Å². The number of ketones is 1. The Morgan fingerprint density at radius 2 is 2.07 bits per heavy atom. The molecule has 30 heavy (non-hydrogen) atoms. The van der Waals surface area contributed by atoms with Gasteiger partial charge in [-0.25, -0.2) is 4.79 Å². The van der Waals surface area contributed by atoms with Crippen LogP contribution in [0.15, 0.2) is 46.3 Å². The minimum Gasteiger partial charge on any atom is -0.504 e. The van der Waals surface area contributed by atoms with Gasteiger partial charge in [-0.3, -0.25) is 4.79 Å². The number of carbonyl (C=O) groups is 2. The van der Waals surface area contributed by atoms with Gasteiger partial charge in [-0.2, -0.15) is 0 Å². The summed E-state index contributed by atoms with van der Waals surface area (Å²) in [5.74, 6) is 1.17. The second-order valence-corrected chi connectivity index (χ2v) is 10.3. The fourth-order valence-corrected chi connectivity index (χ4v) is 7.42. The maximum atomic E-state index is 12.6. The second kappa shape index (κ2) is 6.60. The zero-order valence-corrected chi connectivity index (χ0v) is 17.9. The third-order valence-corrected chi connectivity index (χ3v) is 8.83. The largest absolute Gasteiger partial charge is 0.504 e. The number of hydrogen-bond donors (Lipinski definition) is 1. The van der Waals surface area contributed by atoms with Crippen molar-refractivity contribution in [3.05, 3.63) is 47.6 Å². The number of hydrogen-bond acceptors (Lipinski definition) is 5. The third kappa shape index (κ3) is 2.67. The normalized spacial score (nSPS) is 42.5. The molecule has 0 radical (unpaired) electrons. The van der Waals surface area contributed by atoms with Gasteiger partial charge >= 0.3 is 5.97 Å². The van der Waals surface area contributed by atoms with Crippen molar-refractivity contribution in [2.75, 3.05) is 0 Å². The van der Waals surface area contributed by atoms with Crippen LogP contribution >= 0.6 is 0 Å². The van der Waals surface area contributed by atoms with Gasteiger partial charge in [0, 0.05) is 10.8 Å². The molecular weight excluding hydrogens is 380 g/mol. The van der Waals surface area contributed by atoms with Gasteiger partial charge in [0.05, 0.1) is 6.26 Å². The van der Waals surface area contributed by atoms with Crippen LogP contribution in [0, 0.1) is 34.5 Å². The quantitative estimate of drug-likeness (QED) is 0.674. The van der Waals surface area contributed by atoms with Crippen molar-refractivity contribution in [3.63, 3.8) is 0 Å². The molecule has 0 bridgehead atoms. The minimum absolute atomic E-state index is 0.0589. The molecule has 0 amide bonds. The molecule has 3 saturated carbocycles. The van der Waals surface area contributed by atoms with E-state index in [4.69, 9.17) is 9.15 Å². The zero-order valence-electron chi connectivity index (χ0n) is 17.9. The number of rotatable bonds is 2. The van der Waals surface area contributed by atoms with Crippen molar-refractivity contribution in [2.24, 2.45) is 34.5 Å². The van der Waals surface area contributed by atoms with Crippen LogP contribution in [-0.4, -0.2) is 23.0 Å². The van der Waals surface area contributed by atoms with E-state index >= 15 is 0 Å². The molecule has 0 saturated heterocycles. The highest BCUT2D eigenvalue weighted by molar-refractivity contribution is 6.04. The van der Waals surface area contributed by atoms with Crippen LogP contribution in [0.5, 0.6) is 0 Å². The van der Waals surface area contributed by atoms with Gasteiger partial charge < -0.3 is 14.3 Å². The van der Waals surface area contributed by atoms with Crippen LogP contribution in [0.4, 0.5) is 0 Å². The summed E-state index contributed by atoms with van der Waals surface area (Å²) in [6.07, 6.45) is 9.83. The van der Waals surface area contributed by atoms with E-state index in [1.807, 2.05) is 6.08 Å². The molecule has 0 aromatic carbocycles. The van der Waals surface area contributed by atoms with E-state index in [0.717, 1.165) is 32.1 Å². The van der Waals surface area contributed by atoms with Crippen LogP contribution in [-0.2, 0) is 9.53 Å². The van der Waals surface area contributed by atoms with Crippen molar-refractivity contribution in [1.82, 2.24) is 0 Å². The van der Waals surface area contributed by atoms with Crippen LogP contribution in [0.2, 0.25) is 0 Å². The van der Waals surface area contributed by atoms with Gasteiger partial charge in [0.1, 0.15) is 6.10 Å². The van der Waals surface area contributed by atoms with Gasteiger partial charge in [-0.05, 0) is 80.1 Å². The number of esters is 1. The van der Waals surface area contributed by atoms with Crippen LogP contribution < -0.4 is 0 Å². The second-order valence-electron chi connectivity index (χ2n) is 10.3. The topological polar surface area (TPSA) is 76.7 Å². The van der Waals surface area contributed by atoms with Crippen LogP contribution in [0.3, 0.4) is 0 Å². The number of aliphatic hydroxyl groups excluding tert-OH is 1. The van der Waals surface area contributed by atoms with E-state index in [0.29, 0.717) is 23.7 Å². The molecule has 1 heterocycles. The highest BCUT2D eigenvalue weighted by Crippen LogP contribution is 2.66. The Labute approximate surface area is 177 Å². The molecule has 5 heteroatoms. The van der Waals surface area contributed by atoms with Crippen LogP contribution in [0.25, 0.3) is 0 Å². The first-order valence-electron chi connectivity index (χ1n) is 11.2. The Bertz CT molecular complexity index is 941. The SMILES string of the molecule is CC1CC2C3CCC4=CC(=O)C(O)=C[C@]4(C)C3CC[C@]2(C)C1OC(=O)c1ccco1. The lowest BCUT2D eigenvalue weighted by Crippen LogP contribution is -2.51. The van der Waals surface area contributed by atoms with Gasteiger partial charge in [-0.1, -0.05) is 26.3 Å². The Kier molecular flexibility index (Phi) is 4.32. The lowest BCUT2D eigenvalue weighted by atomic mass is 9.48. The van der Waals surface area contributed by atoms with Crippen molar-refractivity contribution >= 4 is 11.8 Å². The smallest absolute Gasteiger partial charge is 0.374 e. The van der Waals surface area contributed by atoms with E-state index in [1.165, 1.54) is 11.8 Å². The summed E-state index contributed by atoms with van der Waals surface area (Å²) in [4.78, 5) is 24.6. The summed E-state index contributed by atoms with van der Waals surface area (Å²) in [5, 5.41) is 10.2. The molecule has 4 aliphatic carbocycles. The van der Waals surface area contributed by atoms with Gasteiger partial charge in [0.2, 0.25) is 11.5 Å². The van der Waals surface area contributed by atoms with E-state index in [9.17, 15) is 14.7 Å². The van der Waals surface area contributed by atoms with Crippen molar-refractivity contribution in [3.8, 4) is 0 Å². The number of aliphatic hydroxyl groups is 1. The number of carbonyl (C=O) groups excluding carboxylic acids is 2. The number of fused-ring (bicyclic) bond motifs is 5. The molecule has 7 atom stereocenters. The standard InChI is InChI=1S/C25H30O5/c1-14-11-18-16-7-6-15-12-19(26)20(27)13-25(15,3)17(16)8-9-24(18,2)22(14)30-23(28)21-5-4-10-29-21/h4-5,10,12-14,16-18,22,27H,6-9,11H2,1-3H3/t14?,16?,17?,18?,22?,24-,25-/m0/s1. The molecule has 5 rings (SSSR count). The Balaban J connectivity index is 1.43. The van der Waals surface area contributed by atoms with E-state index in [1.54, 1.807) is 18.2 Å². The molecule has 1 aromatic rings. The zero-order chi connectivity index (χ0) is 21.3. The number of furan rings is 1. The van der Waals surface area contributed by atoms with E-state index in [2.05, 4.69) is 20.8 Å². The third-order valence-electron chi connectivity index (χ3n) is 8.83. The maximum absolute atomic E-state index is 12.6. The van der Waals surface area contributed by atoms with Crippen molar-refractivity contribution < 1.29 is 23.8 Å². The predicted molar refractivity (Wildman–Crippen MR) is 111 cm³/mol. The molecule has 1 N–H and O–H groups in total. The minimum atomic E-state index is -0.375. The lowest BCUT2D eigenvalue weighted by Gasteiger charge is -2.56. The monoisotopic (exact) mass is 410 g/mol. The summed E-state index contributed by atoms with van der Waals surface area (Å²) >= 11 is 0. The Morgan fingerprint density at radius 1 is 1.27 bits per heavy atom. The van der Waals surface area contributed by atoms with Gasteiger partial charge in [-0.15, -0.1) is 0 Å². The highest BCUT2D eigenvalue weighted by Gasteiger charge is 2.61. The van der Waals surface area contributed by atoms with Crippen molar-refractivity contribution in [1.29, 1.82) is 0 Å². The molecule has 3 fully saturated rings. The summed E-state index contributed by atoms with van der Waals surface area (Å²) in [5.41, 5.74) is 0.854. The Hall–Kier alpha value is -2.30. The first kappa shape index (κ1) is 19.7. The fraction of sp³-hybridized carbons (Fsp3) is 0.600. The first-order chi connectivity index (χ1) is 14.2. The fourth-order valence-electron chi connectivity index (χ4n) is 7.42. The van der Waals surface area contributed by atoms with E-state index in [-0.39, 0.29) is 40.2 Å². The number of ether oxygens (including phenoxy) is 1. The summed E-state index contributed by atoms with van der Waals surface area (Å²) in [6, 6.07) is 3.35. The number of allylic oxidation sites excluding steroid dienone is 3. The average molecular weight is 411 g/mol. The molecular formula is C25H30O5. The van der Waals surface area contributed by atoms with E-state index < -0.39 is 0 Å². The molecule has 0 aliphatic heterocycles.